The number of benzene rings is 2. The minimum Gasteiger partial charge on any atom is -0.483 e. The Morgan fingerprint density at radius 1 is 0.958 bits per heavy atom. The summed E-state index contributed by atoms with van der Waals surface area (Å²) in [7, 11) is 0. The first-order chi connectivity index (χ1) is 11.6. The summed E-state index contributed by atoms with van der Waals surface area (Å²) < 4.78 is 5.44. The number of hydrogen-bond donors (Lipinski definition) is 4. The lowest BCUT2D eigenvalue weighted by Crippen LogP contribution is -2.50. The fourth-order valence-electron chi connectivity index (χ4n) is 1.93. The highest BCUT2D eigenvalue weighted by atomic mass is 16.5. The first-order valence-corrected chi connectivity index (χ1v) is 7.20. The van der Waals surface area contributed by atoms with Crippen LogP contribution in [0, 0.1) is 0 Å². The molecule has 3 amide bonds. The van der Waals surface area contributed by atoms with Crippen LogP contribution in [-0.4, -0.2) is 42.6 Å². The zero-order valence-electron chi connectivity index (χ0n) is 12.7. The highest BCUT2D eigenvalue weighted by Crippen LogP contribution is 2.24. The van der Waals surface area contributed by atoms with Gasteiger partial charge in [-0.2, -0.15) is 0 Å². The van der Waals surface area contributed by atoms with E-state index in [9.17, 15) is 14.4 Å². The molecule has 0 heterocycles. The van der Waals surface area contributed by atoms with Crippen LogP contribution in [0.2, 0.25) is 0 Å². The molecule has 126 valence electrons. The molecule has 8 heteroatoms. The van der Waals surface area contributed by atoms with Crippen molar-refractivity contribution < 1.29 is 24.2 Å². The molecule has 0 fully saturated rings. The standard InChI is InChI=1S/C16H17N3O5/c20-9-8-17-15(22)16(23)19-18-14(21)10-24-13-7-3-5-11-4-1-2-6-12(11)13/h1-7,20H,8-10H2,(H,17,22)(H,18,21)(H,19,23). The Hall–Kier alpha value is -3.13. The maximum Gasteiger partial charge on any atom is 0.327 e. The lowest BCUT2D eigenvalue weighted by molar-refractivity contribution is -0.141. The summed E-state index contributed by atoms with van der Waals surface area (Å²) in [4.78, 5) is 34.2. The van der Waals surface area contributed by atoms with Crippen molar-refractivity contribution in [3.05, 3.63) is 42.5 Å². The number of aliphatic hydroxyl groups excluding tert-OH is 1. The molecule has 0 radical (unpaired) electrons. The minimum absolute atomic E-state index is 0.0512. The van der Waals surface area contributed by atoms with E-state index in [1.165, 1.54) is 0 Å². The van der Waals surface area contributed by atoms with Crippen molar-refractivity contribution in [1.82, 2.24) is 16.2 Å². The van der Waals surface area contributed by atoms with Gasteiger partial charge in [-0.25, -0.2) is 0 Å². The van der Waals surface area contributed by atoms with Gasteiger partial charge in [-0.15, -0.1) is 0 Å². The summed E-state index contributed by atoms with van der Waals surface area (Å²) in [6.45, 7) is -0.665. The molecule has 8 nitrogen and oxygen atoms in total. The number of nitrogens with one attached hydrogen (secondary N) is 3. The number of aliphatic hydroxyl groups is 1. The Kier molecular flexibility index (Phi) is 6.09. The number of fused-ring (bicyclic) bond motifs is 1. The number of ether oxygens (including phenoxy) is 1. The summed E-state index contributed by atoms with van der Waals surface area (Å²) in [5.41, 5.74) is 4.02. The third-order valence-electron chi connectivity index (χ3n) is 3.03. The molecule has 0 bridgehead atoms. The molecular formula is C16H17N3O5. The highest BCUT2D eigenvalue weighted by Gasteiger charge is 2.13. The number of carbonyl (C=O) groups excluding carboxylic acids is 3. The summed E-state index contributed by atoms with van der Waals surface area (Å²) in [6.07, 6.45) is 0. The number of rotatable bonds is 5. The van der Waals surface area contributed by atoms with Crippen molar-refractivity contribution in [3.8, 4) is 5.75 Å². The Balaban J connectivity index is 1.83. The number of carbonyl (C=O) groups is 3. The summed E-state index contributed by atoms with van der Waals surface area (Å²) in [5.74, 6) is -2.08. The number of hydrazine groups is 1. The van der Waals surface area contributed by atoms with Crippen LogP contribution >= 0.6 is 0 Å². The van der Waals surface area contributed by atoms with E-state index in [1.807, 2.05) is 41.8 Å². The Morgan fingerprint density at radius 3 is 2.50 bits per heavy atom. The van der Waals surface area contributed by atoms with Crippen LogP contribution in [0.5, 0.6) is 5.75 Å². The molecule has 0 aliphatic rings. The van der Waals surface area contributed by atoms with Crippen LogP contribution in [0.15, 0.2) is 42.5 Å². The van der Waals surface area contributed by atoms with Gasteiger partial charge >= 0.3 is 11.8 Å². The average Bonchev–Trinajstić information content (AvgIpc) is 2.62. The second-order valence-electron chi connectivity index (χ2n) is 4.75. The van der Waals surface area contributed by atoms with Gasteiger partial charge in [0.1, 0.15) is 5.75 Å². The molecule has 2 rings (SSSR count). The smallest absolute Gasteiger partial charge is 0.327 e. The molecule has 0 aliphatic carbocycles. The lowest BCUT2D eigenvalue weighted by Gasteiger charge is -2.10. The van der Waals surface area contributed by atoms with Gasteiger partial charge in [-0.3, -0.25) is 25.2 Å². The van der Waals surface area contributed by atoms with E-state index in [4.69, 9.17) is 9.84 Å². The minimum atomic E-state index is -1.04. The van der Waals surface area contributed by atoms with Gasteiger partial charge in [0, 0.05) is 11.9 Å². The number of amides is 3. The van der Waals surface area contributed by atoms with Gasteiger partial charge in [0.15, 0.2) is 6.61 Å². The summed E-state index contributed by atoms with van der Waals surface area (Å²) in [6, 6.07) is 13.0. The fourth-order valence-corrected chi connectivity index (χ4v) is 1.93. The van der Waals surface area contributed by atoms with Gasteiger partial charge in [0.05, 0.1) is 6.61 Å². The van der Waals surface area contributed by atoms with E-state index in [1.54, 1.807) is 6.07 Å². The largest absolute Gasteiger partial charge is 0.483 e. The Labute approximate surface area is 137 Å². The lowest BCUT2D eigenvalue weighted by atomic mass is 10.1. The first kappa shape index (κ1) is 17.2. The molecule has 0 atom stereocenters. The van der Waals surface area contributed by atoms with E-state index >= 15 is 0 Å². The van der Waals surface area contributed by atoms with Gasteiger partial charge in [0.25, 0.3) is 5.91 Å². The molecule has 0 unspecified atom stereocenters. The monoisotopic (exact) mass is 331 g/mol. The van der Waals surface area contributed by atoms with Crippen molar-refractivity contribution in [2.45, 2.75) is 0 Å². The molecule has 0 saturated carbocycles. The van der Waals surface area contributed by atoms with E-state index in [-0.39, 0.29) is 19.8 Å². The first-order valence-electron chi connectivity index (χ1n) is 7.20. The van der Waals surface area contributed by atoms with Crippen molar-refractivity contribution in [1.29, 1.82) is 0 Å². The molecular weight excluding hydrogens is 314 g/mol. The third-order valence-corrected chi connectivity index (χ3v) is 3.03. The van der Waals surface area contributed by atoms with Crippen molar-refractivity contribution >= 4 is 28.5 Å². The van der Waals surface area contributed by atoms with Crippen LogP contribution in [0.1, 0.15) is 0 Å². The molecule has 0 saturated heterocycles. The topological polar surface area (TPSA) is 117 Å². The maximum absolute atomic E-state index is 11.7. The molecule has 2 aromatic carbocycles. The van der Waals surface area contributed by atoms with Gasteiger partial charge in [-0.05, 0) is 11.5 Å². The molecule has 0 aromatic heterocycles. The van der Waals surface area contributed by atoms with E-state index in [0.717, 1.165) is 10.8 Å². The van der Waals surface area contributed by atoms with E-state index in [0.29, 0.717) is 5.75 Å². The molecule has 0 aliphatic heterocycles. The van der Waals surface area contributed by atoms with E-state index < -0.39 is 17.7 Å². The maximum atomic E-state index is 11.7. The second kappa shape index (κ2) is 8.49. The van der Waals surface area contributed by atoms with Crippen molar-refractivity contribution in [3.63, 3.8) is 0 Å². The molecule has 0 spiro atoms. The normalized spacial score (nSPS) is 10.0. The summed E-state index contributed by atoms with van der Waals surface area (Å²) in [5, 5.41) is 12.5. The highest BCUT2D eigenvalue weighted by molar-refractivity contribution is 6.35. The molecule has 24 heavy (non-hydrogen) atoms. The second-order valence-corrected chi connectivity index (χ2v) is 4.75. The Bertz CT molecular complexity index is 742. The zero-order valence-corrected chi connectivity index (χ0v) is 12.7. The zero-order chi connectivity index (χ0) is 17.4. The number of hydrogen-bond acceptors (Lipinski definition) is 5. The third kappa shape index (κ3) is 4.68. The van der Waals surface area contributed by atoms with Crippen LogP contribution in [0.3, 0.4) is 0 Å². The van der Waals surface area contributed by atoms with E-state index in [2.05, 4.69) is 10.7 Å². The van der Waals surface area contributed by atoms with Crippen LogP contribution < -0.4 is 20.9 Å². The van der Waals surface area contributed by atoms with Crippen LogP contribution in [0.4, 0.5) is 0 Å². The van der Waals surface area contributed by atoms with Gasteiger partial charge < -0.3 is 15.2 Å². The van der Waals surface area contributed by atoms with Gasteiger partial charge in [-0.1, -0.05) is 36.4 Å². The van der Waals surface area contributed by atoms with Gasteiger partial charge in [0.2, 0.25) is 0 Å². The molecule has 2 aromatic rings. The van der Waals surface area contributed by atoms with Crippen molar-refractivity contribution in [2.24, 2.45) is 0 Å². The summed E-state index contributed by atoms with van der Waals surface area (Å²) >= 11 is 0. The van der Waals surface area contributed by atoms with Crippen LogP contribution in [0.25, 0.3) is 10.8 Å². The van der Waals surface area contributed by atoms with Crippen LogP contribution in [-0.2, 0) is 14.4 Å². The Morgan fingerprint density at radius 2 is 1.71 bits per heavy atom. The quantitative estimate of drug-likeness (QED) is 0.434. The fraction of sp³-hybridized carbons (Fsp3) is 0.188. The predicted octanol–water partition coefficient (Wildman–Crippen LogP) is -0.525. The molecule has 4 N–H and O–H groups in total. The SMILES string of the molecule is O=C(COc1cccc2ccccc12)NNC(=O)C(=O)NCCO. The van der Waals surface area contributed by atoms with Crippen molar-refractivity contribution in [2.75, 3.05) is 19.8 Å². The predicted molar refractivity (Wildman–Crippen MR) is 85.8 cm³/mol. The average molecular weight is 331 g/mol.